The molecular weight excluding hydrogens is 324 g/mol. The van der Waals surface area contributed by atoms with Crippen molar-refractivity contribution in [2.75, 3.05) is 6.54 Å². The van der Waals surface area contributed by atoms with E-state index in [1.165, 1.54) is 12.8 Å². The standard InChI is InChI=1S/C16H20N6OS/c1-12(15-19-20-16(23-15)14-6-4-8-24-14)22-7-3-2-5-13(22)9-21-11-17-10-18-21/h4,6,8,10-13H,2-3,5,7,9H2,1H3/t12-,13+/m0/s1. The zero-order chi connectivity index (χ0) is 16.4. The topological polar surface area (TPSA) is 72.9 Å². The highest BCUT2D eigenvalue weighted by Gasteiger charge is 2.30. The summed E-state index contributed by atoms with van der Waals surface area (Å²) in [6, 6.07) is 4.50. The average molecular weight is 344 g/mol. The molecule has 24 heavy (non-hydrogen) atoms. The molecule has 1 aliphatic rings. The second-order valence-electron chi connectivity index (χ2n) is 6.10. The van der Waals surface area contributed by atoms with E-state index in [1.54, 1.807) is 24.0 Å². The lowest BCUT2D eigenvalue weighted by Crippen LogP contribution is -2.43. The van der Waals surface area contributed by atoms with E-state index < -0.39 is 0 Å². The lowest BCUT2D eigenvalue weighted by Gasteiger charge is -2.38. The van der Waals surface area contributed by atoms with Gasteiger partial charge in [0.1, 0.15) is 12.7 Å². The maximum absolute atomic E-state index is 5.94. The molecule has 0 unspecified atom stereocenters. The van der Waals surface area contributed by atoms with Gasteiger partial charge in [-0.2, -0.15) is 5.10 Å². The van der Waals surface area contributed by atoms with Crippen LogP contribution in [0.15, 0.2) is 34.6 Å². The Morgan fingerprint density at radius 3 is 3.12 bits per heavy atom. The van der Waals surface area contributed by atoms with Gasteiger partial charge >= 0.3 is 0 Å². The fraction of sp³-hybridized carbons (Fsp3) is 0.500. The molecule has 4 heterocycles. The molecular formula is C16H20N6OS. The van der Waals surface area contributed by atoms with E-state index >= 15 is 0 Å². The summed E-state index contributed by atoms with van der Waals surface area (Å²) in [5, 5.41) is 14.8. The average Bonchev–Trinajstić information content (AvgIpc) is 3.35. The van der Waals surface area contributed by atoms with Crippen LogP contribution in [0.2, 0.25) is 0 Å². The first kappa shape index (κ1) is 15.5. The van der Waals surface area contributed by atoms with E-state index in [1.807, 2.05) is 22.2 Å². The predicted molar refractivity (Wildman–Crippen MR) is 90.4 cm³/mol. The van der Waals surface area contributed by atoms with Crippen LogP contribution >= 0.6 is 11.3 Å². The molecule has 0 spiro atoms. The number of aromatic nitrogens is 5. The van der Waals surface area contributed by atoms with Crippen molar-refractivity contribution in [2.24, 2.45) is 0 Å². The van der Waals surface area contributed by atoms with E-state index in [0.29, 0.717) is 17.8 Å². The Hall–Kier alpha value is -2.06. The maximum atomic E-state index is 5.94. The van der Waals surface area contributed by atoms with E-state index in [9.17, 15) is 0 Å². The molecule has 0 radical (unpaired) electrons. The summed E-state index contributed by atoms with van der Waals surface area (Å²) in [4.78, 5) is 7.51. The molecule has 3 aromatic rings. The molecule has 0 amide bonds. The first-order chi connectivity index (χ1) is 11.8. The van der Waals surface area contributed by atoms with Crippen LogP contribution in [0.4, 0.5) is 0 Å². The van der Waals surface area contributed by atoms with Gasteiger partial charge < -0.3 is 4.42 Å². The van der Waals surface area contributed by atoms with Crippen LogP contribution in [0.3, 0.4) is 0 Å². The summed E-state index contributed by atoms with van der Waals surface area (Å²) in [5.41, 5.74) is 0. The van der Waals surface area contributed by atoms with Crippen LogP contribution in [0.1, 0.15) is 38.1 Å². The molecule has 1 fully saturated rings. The molecule has 4 rings (SSSR count). The maximum Gasteiger partial charge on any atom is 0.257 e. The second kappa shape index (κ2) is 6.82. The molecule has 8 heteroatoms. The van der Waals surface area contributed by atoms with E-state index in [-0.39, 0.29) is 6.04 Å². The number of hydrogen-bond acceptors (Lipinski definition) is 7. The highest BCUT2D eigenvalue weighted by Crippen LogP contribution is 2.31. The Morgan fingerprint density at radius 1 is 1.38 bits per heavy atom. The predicted octanol–water partition coefficient (Wildman–Crippen LogP) is 3.01. The van der Waals surface area contributed by atoms with Crippen molar-refractivity contribution < 1.29 is 4.42 Å². The summed E-state index contributed by atoms with van der Waals surface area (Å²) in [5.74, 6) is 1.29. The molecule has 0 aliphatic carbocycles. The Morgan fingerprint density at radius 2 is 2.33 bits per heavy atom. The molecule has 0 N–H and O–H groups in total. The SMILES string of the molecule is C[C@@H](c1nnc(-c2cccs2)o1)N1CCCC[C@@H]1Cn1cncn1. The fourth-order valence-corrected chi connectivity index (χ4v) is 3.96. The highest BCUT2D eigenvalue weighted by atomic mass is 32.1. The van der Waals surface area contributed by atoms with Crippen LogP contribution in [0, 0.1) is 0 Å². The van der Waals surface area contributed by atoms with Crippen LogP contribution in [0.25, 0.3) is 10.8 Å². The van der Waals surface area contributed by atoms with Crippen molar-refractivity contribution in [1.82, 2.24) is 29.9 Å². The minimum atomic E-state index is 0.0973. The zero-order valence-electron chi connectivity index (χ0n) is 13.6. The van der Waals surface area contributed by atoms with Crippen molar-refractivity contribution in [2.45, 2.75) is 44.8 Å². The summed E-state index contributed by atoms with van der Waals surface area (Å²) < 4.78 is 7.84. The van der Waals surface area contributed by atoms with Gasteiger partial charge in [-0.15, -0.1) is 21.5 Å². The number of thiophene rings is 1. The van der Waals surface area contributed by atoms with Crippen molar-refractivity contribution in [3.63, 3.8) is 0 Å². The Bertz CT molecular complexity index is 753. The minimum Gasteiger partial charge on any atom is -0.418 e. The summed E-state index contributed by atoms with van der Waals surface area (Å²) >= 11 is 1.61. The van der Waals surface area contributed by atoms with Gasteiger partial charge in [0.25, 0.3) is 5.89 Å². The monoisotopic (exact) mass is 344 g/mol. The van der Waals surface area contributed by atoms with Gasteiger partial charge in [0, 0.05) is 6.04 Å². The number of nitrogens with zero attached hydrogens (tertiary/aromatic N) is 6. The van der Waals surface area contributed by atoms with Gasteiger partial charge in [-0.1, -0.05) is 12.5 Å². The molecule has 1 aliphatic heterocycles. The molecule has 2 atom stereocenters. The van der Waals surface area contributed by atoms with E-state index in [2.05, 4.69) is 32.1 Å². The van der Waals surface area contributed by atoms with Crippen molar-refractivity contribution in [3.05, 3.63) is 36.1 Å². The molecule has 0 aromatic carbocycles. The third-order valence-electron chi connectivity index (χ3n) is 4.56. The van der Waals surface area contributed by atoms with Gasteiger partial charge in [0.2, 0.25) is 5.89 Å². The largest absolute Gasteiger partial charge is 0.418 e. The van der Waals surface area contributed by atoms with Crippen molar-refractivity contribution >= 4 is 11.3 Å². The quantitative estimate of drug-likeness (QED) is 0.708. The van der Waals surface area contributed by atoms with Crippen LogP contribution in [-0.4, -0.2) is 42.4 Å². The van der Waals surface area contributed by atoms with Gasteiger partial charge in [-0.3, -0.25) is 9.58 Å². The van der Waals surface area contributed by atoms with Gasteiger partial charge in [-0.25, -0.2) is 4.98 Å². The fourth-order valence-electron chi connectivity index (χ4n) is 3.32. The second-order valence-corrected chi connectivity index (χ2v) is 7.05. The number of piperidine rings is 1. The van der Waals surface area contributed by atoms with Crippen LogP contribution < -0.4 is 0 Å². The molecule has 1 saturated heterocycles. The van der Waals surface area contributed by atoms with Gasteiger partial charge in [-0.05, 0) is 37.8 Å². The molecule has 0 saturated carbocycles. The molecule has 0 bridgehead atoms. The number of likely N-dealkylation sites (tertiary alicyclic amines) is 1. The van der Waals surface area contributed by atoms with E-state index in [4.69, 9.17) is 4.42 Å². The first-order valence-electron chi connectivity index (χ1n) is 8.26. The van der Waals surface area contributed by atoms with Gasteiger partial charge in [0.05, 0.1) is 17.5 Å². The number of rotatable bonds is 5. The smallest absolute Gasteiger partial charge is 0.257 e. The molecule has 7 nitrogen and oxygen atoms in total. The van der Waals surface area contributed by atoms with Crippen LogP contribution in [0.5, 0.6) is 0 Å². The zero-order valence-corrected chi connectivity index (χ0v) is 14.4. The summed E-state index contributed by atoms with van der Waals surface area (Å²) in [6.45, 7) is 4.03. The Labute approximate surface area is 144 Å². The Balaban J connectivity index is 1.52. The third-order valence-corrected chi connectivity index (χ3v) is 5.42. The number of hydrogen-bond donors (Lipinski definition) is 0. The summed E-state index contributed by atoms with van der Waals surface area (Å²) in [7, 11) is 0. The lowest BCUT2D eigenvalue weighted by atomic mass is 10.00. The van der Waals surface area contributed by atoms with Crippen molar-refractivity contribution in [1.29, 1.82) is 0 Å². The highest BCUT2D eigenvalue weighted by molar-refractivity contribution is 7.13. The van der Waals surface area contributed by atoms with Gasteiger partial charge in [0.15, 0.2) is 0 Å². The first-order valence-corrected chi connectivity index (χ1v) is 9.14. The third kappa shape index (κ3) is 3.11. The van der Waals surface area contributed by atoms with E-state index in [0.717, 1.165) is 24.4 Å². The van der Waals surface area contributed by atoms with Crippen LogP contribution in [-0.2, 0) is 6.54 Å². The Kier molecular flexibility index (Phi) is 4.40. The van der Waals surface area contributed by atoms with Crippen molar-refractivity contribution in [3.8, 4) is 10.8 Å². The normalized spacial score (nSPS) is 20.3. The molecule has 126 valence electrons. The minimum absolute atomic E-state index is 0.0973. The molecule has 3 aromatic heterocycles. The summed E-state index contributed by atoms with van der Waals surface area (Å²) in [6.07, 6.45) is 6.95. The lowest BCUT2D eigenvalue weighted by molar-refractivity contribution is 0.0754.